The van der Waals surface area contributed by atoms with Crippen molar-refractivity contribution in [1.29, 1.82) is 0 Å². The van der Waals surface area contributed by atoms with E-state index in [0.717, 1.165) is 5.06 Å². The Morgan fingerprint density at radius 2 is 2.00 bits per heavy atom. The van der Waals surface area contributed by atoms with E-state index in [2.05, 4.69) is 5.16 Å². The molecule has 0 fully saturated rings. The van der Waals surface area contributed by atoms with E-state index in [1.807, 2.05) is 0 Å². The van der Waals surface area contributed by atoms with E-state index in [0.29, 0.717) is 0 Å². The second-order valence-electron chi connectivity index (χ2n) is 4.50. The Bertz CT molecular complexity index is 700. The van der Waals surface area contributed by atoms with E-state index in [1.54, 1.807) is 18.2 Å². The van der Waals surface area contributed by atoms with Gasteiger partial charge in [0.15, 0.2) is 0 Å². The maximum Gasteiger partial charge on any atom is 0.328 e. The minimum atomic E-state index is -4.24. The summed E-state index contributed by atoms with van der Waals surface area (Å²) in [5.41, 5.74) is 0. The SMILES string of the molecule is CN1ON=C(OCCP(=O)(O)O)C1S(=O)(=O)c1ccccc1. The lowest BCUT2D eigenvalue weighted by Gasteiger charge is -2.18. The van der Waals surface area contributed by atoms with Gasteiger partial charge in [-0.3, -0.25) is 9.50 Å². The van der Waals surface area contributed by atoms with E-state index in [-0.39, 0.29) is 17.4 Å². The Labute approximate surface area is 127 Å². The summed E-state index contributed by atoms with van der Waals surface area (Å²) in [4.78, 5) is 22.4. The normalized spacial score (nSPS) is 19.6. The molecular formula is C11H15N2O7PS. The Balaban J connectivity index is 2.17. The van der Waals surface area contributed by atoms with Crippen LogP contribution in [-0.4, -0.2) is 54.4 Å². The average Bonchev–Trinajstić information content (AvgIpc) is 2.80. The first-order chi connectivity index (χ1) is 10.2. The quantitative estimate of drug-likeness (QED) is 0.720. The molecule has 0 aromatic heterocycles. The molecule has 0 aliphatic carbocycles. The zero-order valence-corrected chi connectivity index (χ0v) is 13.3. The van der Waals surface area contributed by atoms with Crippen molar-refractivity contribution in [3.05, 3.63) is 30.3 Å². The Hall–Kier alpha value is -1.45. The number of hydrogen-bond donors (Lipinski definition) is 2. The van der Waals surface area contributed by atoms with Gasteiger partial charge in [0.1, 0.15) is 6.61 Å². The summed E-state index contributed by atoms with van der Waals surface area (Å²) in [7, 11) is -6.72. The van der Waals surface area contributed by atoms with Crippen LogP contribution in [0.4, 0.5) is 0 Å². The van der Waals surface area contributed by atoms with Crippen molar-refractivity contribution in [3.8, 4) is 0 Å². The number of nitrogens with zero attached hydrogens (tertiary/aromatic N) is 2. The first kappa shape index (κ1) is 16.9. The van der Waals surface area contributed by atoms with Crippen LogP contribution < -0.4 is 0 Å². The van der Waals surface area contributed by atoms with Gasteiger partial charge in [-0.1, -0.05) is 23.3 Å². The largest absolute Gasteiger partial charge is 0.476 e. The molecule has 1 aliphatic rings. The molecule has 0 saturated heterocycles. The molecule has 9 nitrogen and oxygen atoms in total. The van der Waals surface area contributed by atoms with Gasteiger partial charge in [0, 0.05) is 7.05 Å². The van der Waals surface area contributed by atoms with Crippen LogP contribution in [0.2, 0.25) is 0 Å². The predicted octanol–water partition coefficient (Wildman–Crippen LogP) is 0.171. The lowest BCUT2D eigenvalue weighted by atomic mass is 10.4. The van der Waals surface area contributed by atoms with E-state index in [9.17, 15) is 13.0 Å². The van der Waals surface area contributed by atoms with E-state index >= 15 is 0 Å². The second kappa shape index (κ2) is 6.35. The smallest absolute Gasteiger partial charge is 0.328 e. The average molecular weight is 350 g/mol. The molecule has 0 amide bonds. The molecule has 0 spiro atoms. The molecule has 11 heteroatoms. The van der Waals surface area contributed by atoms with Crippen molar-refractivity contribution in [3.63, 3.8) is 0 Å². The van der Waals surface area contributed by atoms with Crippen molar-refractivity contribution in [1.82, 2.24) is 5.06 Å². The minimum Gasteiger partial charge on any atom is -0.476 e. The number of oxime groups is 1. The van der Waals surface area contributed by atoms with Crippen LogP contribution in [0.15, 0.2) is 40.4 Å². The fourth-order valence-electron chi connectivity index (χ4n) is 1.78. The van der Waals surface area contributed by atoms with E-state index in [1.165, 1.54) is 19.2 Å². The van der Waals surface area contributed by atoms with Gasteiger partial charge in [-0.2, -0.15) is 0 Å². The van der Waals surface area contributed by atoms with Gasteiger partial charge in [-0.05, 0) is 17.3 Å². The Kier molecular flexibility index (Phi) is 4.88. The van der Waals surface area contributed by atoms with Crippen molar-refractivity contribution in [2.24, 2.45) is 5.16 Å². The third-order valence-corrected chi connectivity index (χ3v) is 5.58. The van der Waals surface area contributed by atoms with Crippen LogP contribution in [-0.2, 0) is 24.1 Å². The van der Waals surface area contributed by atoms with E-state index < -0.39 is 29.0 Å². The summed E-state index contributed by atoms with van der Waals surface area (Å²) in [6.07, 6.45) is -0.548. The summed E-state index contributed by atoms with van der Waals surface area (Å²) in [6, 6.07) is 7.69. The zero-order chi connectivity index (χ0) is 16.4. The van der Waals surface area contributed by atoms with Crippen LogP contribution >= 0.6 is 7.60 Å². The highest BCUT2D eigenvalue weighted by atomic mass is 32.2. The van der Waals surface area contributed by atoms with Gasteiger partial charge >= 0.3 is 7.60 Å². The number of benzene rings is 1. The number of ether oxygens (including phenoxy) is 1. The van der Waals surface area contributed by atoms with Crippen LogP contribution in [0.1, 0.15) is 0 Å². The number of sulfone groups is 1. The molecule has 0 saturated carbocycles. The van der Waals surface area contributed by atoms with Crippen molar-refractivity contribution < 1.29 is 32.4 Å². The Morgan fingerprint density at radius 3 is 2.59 bits per heavy atom. The summed E-state index contributed by atoms with van der Waals surface area (Å²) < 4.78 is 41.0. The molecular weight excluding hydrogens is 335 g/mol. The first-order valence-corrected chi connectivity index (χ1v) is 9.50. The second-order valence-corrected chi connectivity index (χ2v) is 8.29. The van der Waals surface area contributed by atoms with Crippen LogP contribution in [0, 0.1) is 0 Å². The van der Waals surface area contributed by atoms with Gasteiger partial charge in [0.2, 0.25) is 15.2 Å². The van der Waals surface area contributed by atoms with Gasteiger partial charge < -0.3 is 14.5 Å². The van der Waals surface area contributed by atoms with Crippen LogP contribution in [0.3, 0.4) is 0 Å². The molecule has 2 N–H and O–H groups in total. The molecule has 0 radical (unpaired) electrons. The first-order valence-electron chi connectivity index (χ1n) is 6.16. The highest BCUT2D eigenvalue weighted by Gasteiger charge is 2.43. The van der Waals surface area contributed by atoms with Crippen molar-refractivity contribution in [2.45, 2.75) is 10.3 Å². The highest BCUT2D eigenvalue weighted by molar-refractivity contribution is 7.92. The third-order valence-electron chi connectivity index (χ3n) is 2.80. The molecule has 1 unspecified atom stereocenters. The number of likely N-dealkylation sites (N-methyl/N-ethyl adjacent to an activating group) is 1. The van der Waals surface area contributed by atoms with Gasteiger partial charge in [-0.25, -0.2) is 8.42 Å². The summed E-state index contributed by atoms with van der Waals surface area (Å²) in [6.45, 7) is -0.374. The fourth-order valence-corrected chi connectivity index (χ4v) is 3.71. The minimum absolute atomic E-state index is 0.0589. The van der Waals surface area contributed by atoms with Gasteiger partial charge in [0.25, 0.3) is 5.90 Å². The molecule has 1 heterocycles. The predicted molar refractivity (Wildman–Crippen MR) is 76.6 cm³/mol. The number of rotatable bonds is 5. The molecule has 1 atom stereocenters. The molecule has 1 aromatic carbocycles. The molecule has 2 rings (SSSR count). The van der Waals surface area contributed by atoms with Crippen LogP contribution in [0.25, 0.3) is 0 Å². The van der Waals surface area contributed by atoms with Crippen molar-refractivity contribution >= 4 is 23.3 Å². The lowest BCUT2D eigenvalue weighted by molar-refractivity contribution is -0.117. The number of hydrogen-bond acceptors (Lipinski definition) is 7. The maximum absolute atomic E-state index is 12.6. The molecule has 22 heavy (non-hydrogen) atoms. The number of hydroxylamine groups is 2. The zero-order valence-electron chi connectivity index (χ0n) is 11.6. The van der Waals surface area contributed by atoms with Gasteiger partial charge in [-0.15, -0.1) is 0 Å². The van der Waals surface area contributed by atoms with Crippen LogP contribution in [0.5, 0.6) is 0 Å². The molecule has 0 bridgehead atoms. The highest BCUT2D eigenvalue weighted by Crippen LogP contribution is 2.33. The standard InChI is InChI=1S/C11H15N2O7PS/c1-13-11(22(17,18)9-5-3-2-4-6-9)10(12-20-13)19-7-8-21(14,15)16/h2-6,11H,7-8H2,1H3,(H2,14,15,16). The van der Waals surface area contributed by atoms with Gasteiger partial charge in [0.05, 0.1) is 11.1 Å². The summed E-state index contributed by atoms with van der Waals surface area (Å²) in [5.74, 6) is -0.264. The summed E-state index contributed by atoms with van der Waals surface area (Å²) >= 11 is 0. The molecule has 1 aliphatic heterocycles. The summed E-state index contributed by atoms with van der Waals surface area (Å²) in [5, 5.41) is 3.18. The molecule has 122 valence electrons. The monoisotopic (exact) mass is 350 g/mol. The van der Waals surface area contributed by atoms with E-state index in [4.69, 9.17) is 19.5 Å². The third kappa shape index (κ3) is 3.84. The van der Waals surface area contributed by atoms with Crippen molar-refractivity contribution in [2.75, 3.05) is 19.8 Å². The fraction of sp³-hybridized carbons (Fsp3) is 0.364. The maximum atomic E-state index is 12.6. The Morgan fingerprint density at radius 1 is 1.36 bits per heavy atom. The molecule has 1 aromatic rings. The topological polar surface area (TPSA) is 126 Å². The lowest BCUT2D eigenvalue weighted by Crippen LogP contribution is -2.40.